The predicted molar refractivity (Wildman–Crippen MR) is 68.7 cm³/mol. The van der Waals surface area contributed by atoms with Gasteiger partial charge in [0, 0.05) is 13.6 Å². The van der Waals surface area contributed by atoms with E-state index < -0.39 is 4.92 Å². The molecule has 0 aromatic carbocycles. The molecule has 1 saturated carbocycles. The number of hydrogen-bond donors (Lipinski definition) is 2. The Labute approximate surface area is 105 Å². The second-order valence-corrected chi connectivity index (χ2v) is 4.44. The van der Waals surface area contributed by atoms with E-state index in [1.807, 2.05) is 0 Å². The first-order valence-electron chi connectivity index (χ1n) is 6.13. The zero-order valence-electron chi connectivity index (χ0n) is 10.3. The molecule has 0 radical (unpaired) electrons. The first-order chi connectivity index (χ1) is 8.72. The Balaban J connectivity index is 1.98. The van der Waals surface area contributed by atoms with Crippen LogP contribution in [0.2, 0.25) is 0 Å². The van der Waals surface area contributed by atoms with Gasteiger partial charge in [-0.1, -0.05) is 12.8 Å². The highest BCUT2D eigenvalue weighted by Crippen LogP contribution is 2.33. The van der Waals surface area contributed by atoms with Crippen LogP contribution >= 0.6 is 0 Å². The zero-order valence-corrected chi connectivity index (χ0v) is 10.3. The van der Waals surface area contributed by atoms with Crippen LogP contribution in [0.4, 0.5) is 17.3 Å². The summed E-state index contributed by atoms with van der Waals surface area (Å²) in [6.07, 6.45) is 6.18. The van der Waals surface area contributed by atoms with Gasteiger partial charge in [0.15, 0.2) is 0 Å². The van der Waals surface area contributed by atoms with Gasteiger partial charge in [0.05, 0.1) is 4.92 Å². The molecule has 1 fully saturated rings. The van der Waals surface area contributed by atoms with Crippen molar-refractivity contribution >= 4 is 17.3 Å². The van der Waals surface area contributed by atoms with E-state index in [2.05, 4.69) is 20.6 Å². The standard InChI is InChI=1S/C11H17N5O2/c1-12-10-9(16(17)18)11(15-7-14-10)13-6-2-3-8-4-5-8/h7-8H,2-6H2,1H3,(H2,12,13,14,15). The minimum atomic E-state index is -0.463. The smallest absolute Gasteiger partial charge is 0.353 e. The van der Waals surface area contributed by atoms with Crippen LogP contribution in [-0.2, 0) is 0 Å². The van der Waals surface area contributed by atoms with Crippen LogP contribution in [-0.4, -0.2) is 28.5 Å². The fraction of sp³-hybridized carbons (Fsp3) is 0.636. The maximum atomic E-state index is 11.0. The van der Waals surface area contributed by atoms with E-state index in [-0.39, 0.29) is 17.3 Å². The van der Waals surface area contributed by atoms with E-state index in [4.69, 9.17) is 0 Å². The number of nitrogens with one attached hydrogen (secondary N) is 2. The lowest BCUT2D eigenvalue weighted by Crippen LogP contribution is -2.09. The third-order valence-corrected chi connectivity index (χ3v) is 3.02. The average Bonchev–Trinajstić information content (AvgIpc) is 3.18. The van der Waals surface area contributed by atoms with E-state index >= 15 is 0 Å². The van der Waals surface area contributed by atoms with Crippen molar-refractivity contribution in [3.05, 3.63) is 16.4 Å². The summed E-state index contributed by atoms with van der Waals surface area (Å²) < 4.78 is 0. The van der Waals surface area contributed by atoms with Crippen molar-refractivity contribution in [1.29, 1.82) is 0 Å². The number of aromatic nitrogens is 2. The summed E-state index contributed by atoms with van der Waals surface area (Å²) in [4.78, 5) is 18.3. The lowest BCUT2D eigenvalue weighted by Gasteiger charge is -2.07. The van der Waals surface area contributed by atoms with Crippen LogP contribution in [0.5, 0.6) is 0 Å². The van der Waals surface area contributed by atoms with Crippen LogP contribution in [0.1, 0.15) is 25.7 Å². The Morgan fingerprint density at radius 1 is 1.44 bits per heavy atom. The summed E-state index contributed by atoms with van der Waals surface area (Å²) >= 11 is 0. The molecule has 0 bridgehead atoms. The molecule has 0 amide bonds. The molecular formula is C11H17N5O2. The van der Waals surface area contributed by atoms with E-state index in [0.29, 0.717) is 6.54 Å². The van der Waals surface area contributed by atoms with E-state index in [1.165, 1.54) is 25.6 Å². The van der Waals surface area contributed by atoms with Gasteiger partial charge in [-0.15, -0.1) is 0 Å². The first-order valence-corrected chi connectivity index (χ1v) is 6.13. The SMILES string of the molecule is CNc1ncnc(NCCCC2CC2)c1[N+](=O)[O-]. The molecular weight excluding hydrogens is 234 g/mol. The average molecular weight is 251 g/mol. The molecule has 0 unspecified atom stereocenters. The van der Waals surface area contributed by atoms with Crippen LogP contribution in [0.25, 0.3) is 0 Å². The highest BCUT2D eigenvalue weighted by atomic mass is 16.6. The van der Waals surface area contributed by atoms with Gasteiger partial charge in [-0.2, -0.15) is 0 Å². The summed E-state index contributed by atoms with van der Waals surface area (Å²) in [7, 11) is 1.60. The summed E-state index contributed by atoms with van der Waals surface area (Å²) in [5.74, 6) is 1.40. The van der Waals surface area contributed by atoms with Gasteiger partial charge in [0.1, 0.15) is 6.33 Å². The second-order valence-electron chi connectivity index (χ2n) is 4.44. The number of anilines is 2. The maximum Gasteiger partial charge on any atom is 0.353 e. The van der Waals surface area contributed by atoms with Crippen molar-refractivity contribution in [3.8, 4) is 0 Å². The molecule has 18 heavy (non-hydrogen) atoms. The maximum absolute atomic E-state index is 11.0. The molecule has 98 valence electrons. The van der Waals surface area contributed by atoms with E-state index in [0.717, 1.165) is 12.3 Å². The van der Waals surface area contributed by atoms with Gasteiger partial charge < -0.3 is 10.6 Å². The quantitative estimate of drug-likeness (QED) is 0.437. The van der Waals surface area contributed by atoms with Crippen molar-refractivity contribution in [3.63, 3.8) is 0 Å². The normalized spacial score (nSPS) is 14.3. The first kappa shape index (κ1) is 12.5. The molecule has 7 nitrogen and oxygen atoms in total. The number of nitrogens with zero attached hydrogens (tertiary/aromatic N) is 3. The van der Waals surface area contributed by atoms with Crippen LogP contribution < -0.4 is 10.6 Å². The Morgan fingerprint density at radius 3 is 2.78 bits per heavy atom. The summed E-state index contributed by atoms with van der Waals surface area (Å²) in [5.41, 5.74) is -0.0913. The molecule has 0 spiro atoms. The second kappa shape index (κ2) is 5.61. The topological polar surface area (TPSA) is 93.0 Å². The largest absolute Gasteiger partial charge is 0.367 e. The molecule has 0 aliphatic heterocycles. The zero-order chi connectivity index (χ0) is 13.0. The van der Waals surface area contributed by atoms with Crippen molar-refractivity contribution in [2.24, 2.45) is 5.92 Å². The molecule has 0 saturated heterocycles. The molecule has 1 heterocycles. The van der Waals surface area contributed by atoms with Gasteiger partial charge in [0.2, 0.25) is 11.6 Å². The van der Waals surface area contributed by atoms with E-state index in [9.17, 15) is 10.1 Å². The molecule has 7 heteroatoms. The lowest BCUT2D eigenvalue weighted by atomic mass is 10.2. The monoisotopic (exact) mass is 251 g/mol. The molecule has 2 rings (SSSR count). The molecule has 1 aromatic rings. The van der Waals surface area contributed by atoms with Gasteiger partial charge in [-0.25, -0.2) is 9.97 Å². The molecule has 1 aliphatic rings. The fourth-order valence-corrected chi connectivity index (χ4v) is 1.87. The van der Waals surface area contributed by atoms with E-state index in [1.54, 1.807) is 7.05 Å². The molecule has 2 N–H and O–H groups in total. The number of hydrogen-bond acceptors (Lipinski definition) is 6. The Kier molecular flexibility index (Phi) is 3.91. The predicted octanol–water partition coefficient (Wildman–Crippen LogP) is 2.03. The summed E-state index contributed by atoms with van der Waals surface area (Å²) in [6.45, 7) is 0.706. The molecule has 1 aliphatic carbocycles. The highest BCUT2D eigenvalue weighted by molar-refractivity contribution is 5.68. The minimum absolute atomic E-state index is 0.0913. The van der Waals surface area contributed by atoms with Gasteiger partial charge >= 0.3 is 5.69 Å². The molecule has 1 aromatic heterocycles. The van der Waals surface area contributed by atoms with Crippen LogP contribution in [0.3, 0.4) is 0 Å². The third-order valence-electron chi connectivity index (χ3n) is 3.02. The number of nitro groups is 1. The Bertz CT molecular complexity index is 433. The minimum Gasteiger partial charge on any atom is -0.367 e. The van der Waals surface area contributed by atoms with Crippen LogP contribution in [0.15, 0.2) is 6.33 Å². The number of rotatable bonds is 7. The third kappa shape index (κ3) is 3.06. The lowest BCUT2D eigenvalue weighted by molar-refractivity contribution is -0.383. The summed E-state index contributed by atoms with van der Waals surface area (Å²) in [6, 6.07) is 0. The van der Waals surface area contributed by atoms with Gasteiger partial charge in [0.25, 0.3) is 0 Å². The van der Waals surface area contributed by atoms with Gasteiger partial charge in [-0.05, 0) is 18.8 Å². The van der Waals surface area contributed by atoms with Crippen molar-refractivity contribution < 1.29 is 4.92 Å². The van der Waals surface area contributed by atoms with Crippen LogP contribution in [0, 0.1) is 16.0 Å². The Hall–Kier alpha value is -1.92. The highest BCUT2D eigenvalue weighted by Gasteiger charge is 2.23. The Morgan fingerprint density at radius 2 is 2.17 bits per heavy atom. The van der Waals surface area contributed by atoms with Crippen molar-refractivity contribution in [2.45, 2.75) is 25.7 Å². The van der Waals surface area contributed by atoms with Crippen molar-refractivity contribution in [2.75, 3.05) is 24.2 Å². The molecule has 0 atom stereocenters. The fourth-order valence-electron chi connectivity index (χ4n) is 1.87. The summed E-state index contributed by atoms with van der Waals surface area (Å²) in [5, 5.41) is 16.7. The van der Waals surface area contributed by atoms with Crippen molar-refractivity contribution in [1.82, 2.24) is 9.97 Å². The van der Waals surface area contributed by atoms with Gasteiger partial charge in [-0.3, -0.25) is 10.1 Å².